The Kier molecular flexibility index (Phi) is 4.24. The van der Waals surface area contributed by atoms with Crippen LogP contribution in [0.3, 0.4) is 0 Å². The second-order valence-corrected chi connectivity index (χ2v) is 5.38. The van der Waals surface area contributed by atoms with Crippen molar-refractivity contribution in [2.45, 2.75) is 0 Å². The van der Waals surface area contributed by atoms with Gasteiger partial charge in [0.2, 0.25) is 0 Å². The van der Waals surface area contributed by atoms with Crippen LogP contribution in [0.25, 0.3) is 0 Å². The number of aromatic amines is 1. The number of carbonyl (C=O) groups excluding carboxylic acids is 2. The molecule has 104 valence electrons. The van der Waals surface area contributed by atoms with Crippen LogP contribution in [-0.4, -0.2) is 35.8 Å². The number of H-pyrrole nitrogens is 1. The lowest BCUT2D eigenvalue weighted by atomic mass is 10.2. The van der Waals surface area contributed by atoms with Crippen molar-refractivity contribution in [3.63, 3.8) is 0 Å². The van der Waals surface area contributed by atoms with Gasteiger partial charge in [0, 0.05) is 36.0 Å². The summed E-state index contributed by atoms with van der Waals surface area (Å²) < 4.78 is 0.814. The first kappa shape index (κ1) is 14.3. The Labute approximate surface area is 125 Å². The fraction of sp³-hybridized carbons (Fsp3) is 0.143. The van der Waals surface area contributed by atoms with Crippen LogP contribution in [0.2, 0.25) is 0 Å². The Bertz CT molecular complexity index is 632. The van der Waals surface area contributed by atoms with Crippen LogP contribution in [0.1, 0.15) is 20.8 Å². The third-order valence-corrected chi connectivity index (χ3v) is 3.15. The monoisotopic (exact) mass is 335 g/mol. The molecule has 1 aromatic heterocycles. The first-order valence-corrected chi connectivity index (χ1v) is 6.73. The molecule has 0 spiro atoms. The van der Waals surface area contributed by atoms with E-state index in [2.05, 4.69) is 26.2 Å². The van der Waals surface area contributed by atoms with Gasteiger partial charge in [-0.1, -0.05) is 0 Å². The fourth-order valence-electron chi connectivity index (χ4n) is 1.65. The van der Waals surface area contributed by atoms with Crippen molar-refractivity contribution in [1.29, 1.82) is 0 Å². The molecular formula is C14H14BrN3O2. The maximum absolute atomic E-state index is 11.9. The molecule has 0 saturated carbocycles. The smallest absolute Gasteiger partial charge is 0.272 e. The Hall–Kier alpha value is -2.08. The highest BCUT2D eigenvalue weighted by Gasteiger charge is 2.10. The number of nitrogens with one attached hydrogen (secondary N) is 2. The third-order valence-electron chi connectivity index (χ3n) is 2.69. The van der Waals surface area contributed by atoms with Gasteiger partial charge in [0.25, 0.3) is 11.8 Å². The fourth-order valence-corrected chi connectivity index (χ4v) is 2.00. The lowest BCUT2D eigenvalue weighted by Gasteiger charge is -2.10. The first-order valence-electron chi connectivity index (χ1n) is 5.94. The average molecular weight is 336 g/mol. The molecule has 2 rings (SSSR count). The van der Waals surface area contributed by atoms with Crippen molar-refractivity contribution in [2.75, 3.05) is 19.4 Å². The van der Waals surface area contributed by atoms with Gasteiger partial charge in [-0.25, -0.2) is 0 Å². The number of carbonyl (C=O) groups is 2. The van der Waals surface area contributed by atoms with Crippen molar-refractivity contribution >= 4 is 33.4 Å². The van der Waals surface area contributed by atoms with E-state index in [1.165, 1.54) is 4.90 Å². The van der Waals surface area contributed by atoms with Gasteiger partial charge in [0.1, 0.15) is 5.69 Å². The maximum Gasteiger partial charge on any atom is 0.272 e. The second kappa shape index (κ2) is 5.92. The molecule has 0 aliphatic heterocycles. The van der Waals surface area contributed by atoms with Crippen LogP contribution in [0.4, 0.5) is 5.69 Å². The molecule has 0 aliphatic carbocycles. The molecule has 0 unspecified atom stereocenters. The molecule has 2 aromatic rings. The van der Waals surface area contributed by atoms with E-state index in [1.807, 2.05) is 0 Å². The molecule has 6 heteroatoms. The predicted molar refractivity (Wildman–Crippen MR) is 80.9 cm³/mol. The van der Waals surface area contributed by atoms with E-state index in [0.717, 1.165) is 4.47 Å². The van der Waals surface area contributed by atoms with Gasteiger partial charge in [-0.3, -0.25) is 9.59 Å². The van der Waals surface area contributed by atoms with E-state index in [0.29, 0.717) is 16.9 Å². The zero-order valence-corrected chi connectivity index (χ0v) is 12.7. The minimum absolute atomic E-state index is 0.0730. The van der Waals surface area contributed by atoms with Crippen molar-refractivity contribution in [3.05, 3.63) is 52.3 Å². The molecular weight excluding hydrogens is 322 g/mol. The predicted octanol–water partition coefficient (Wildman–Crippen LogP) is 2.73. The summed E-state index contributed by atoms with van der Waals surface area (Å²) in [4.78, 5) is 28.0. The summed E-state index contributed by atoms with van der Waals surface area (Å²) in [7, 11) is 3.39. The Morgan fingerprint density at radius 3 is 2.35 bits per heavy atom. The van der Waals surface area contributed by atoms with Gasteiger partial charge in [0.15, 0.2) is 0 Å². The van der Waals surface area contributed by atoms with E-state index in [4.69, 9.17) is 0 Å². The number of aromatic nitrogens is 1. The van der Waals surface area contributed by atoms with Crippen molar-refractivity contribution in [1.82, 2.24) is 9.88 Å². The lowest BCUT2D eigenvalue weighted by molar-refractivity contribution is 0.0827. The van der Waals surface area contributed by atoms with Gasteiger partial charge in [-0.15, -0.1) is 0 Å². The van der Waals surface area contributed by atoms with Crippen molar-refractivity contribution < 1.29 is 9.59 Å². The molecule has 0 aliphatic rings. The largest absolute Gasteiger partial charge is 0.356 e. The molecule has 1 heterocycles. The third kappa shape index (κ3) is 3.27. The van der Waals surface area contributed by atoms with Gasteiger partial charge in [-0.05, 0) is 46.3 Å². The van der Waals surface area contributed by atoms with Crippen LogP contribution in [0.15, 0.2) is 41.0 Å². The van der Waals surface area contributed by atoms with Gasteiger partial charge in [0.05, 0.1) is 0 Å². The van der Waals surface area contributed by atoms with Gasteiger partial charge >= 0.3 is 0 Å². The molecule has 2 amide bonds. The molecule has 0 fully saturated rings. The van der Waals surface area contributed by atoms with Crippen LogP contribution in [0.5, 0.6) is 0 Å². The molecule has 0 saturated heterocycles. The summed E-state index contributed by atoms with van der Waals surface area (Å²) in [5, 5.41) is 2.75. The van der Waals surface area contributed by atoms with Crippen LogP contribution in [-0.2, 0) is 0 Å². The molecule has 0 bridgehead atoms. The summed E-state index contributed by atoms with van der Waals surface area (Å²) in [5.41, 5.74) is 1.68. The number of rotatable bonds is 3. The lowest BCUT2D eigenvalue weighted by Crippen LogP contribution is -2.21. The highest BCUT2D eigenvalue weighted by atomic mass is 79.9. The maximum atomic E-state index is 11.9. The molecule has 0 radical (unpaired) electrons. The number of halogens is 1. The van der Waals surface area contributed by atoms with Crippen LogP contribution in [0, 0.1) is 0 Å². The number of hydrogen-bond acceptors (Lipinski definition) is 2. The highest BCUT2D eigenvalue weighted by molar-refractivity contribution is 9.10. The molecule has 20 heavy (non-hydrogen) atoms. The second-order valence-electron chi connectivity index (χ2n) is 4.46. The zero-order valence-electron chi connectivity index (χ0n) is 11.1. The van der Waals surface area contributed by atoms with Crippen molar-refractivity contribution in [3.8, 4) is 0 Å². The molecule has 1 aromatic carbocycles. The van der Waals surface area contributed by atoms with E-state index >= 15 is 0 Å². The quantitative estimate of drug-likeness (QED) is 0.905. The van der Waals surface area contributed by atoms with Gasteiger partial charge < -0.3 is 15.2 Å². The molecule has 2 N–H and O–H groups in total. The number of hydrogen-bond donors (Lipinski definition) is 2. The van der Waals surface area contributed by atoms with E-state index in [-0.39, 0.29) is 11.8 Å². The van der Waals surface area contributed by atoms with Crippen LogP contribution >= 0.6 is 15.9 Å². The number of benzene rings is 1. The Morgan fingerprint density at radius 2 is 1.85 bits per heavy atom. The highest BCUT2D eigenvalue weighted by Crippen LogP contribution is 2.14. The minimum atomic E-state index is -0.234. The number of amides is 2. The summed E-state index contributed by atoms with van der Waals surface area (Å²) in [5.74, 6) is -0.307. The average Bonchev–Trinajstić information content (AvgIpc) is 2.85. The van der Waals surface area contributed by atoms with Crippen molar-refractivity contribution in [2.24, 2.45) is 0 Å². The SMILES string of the molecule is CN(C)C(=O)c1ccc(NC(=O)c2cc(Br)c[nH]2)cc1. The standard InChI is InChI=1S/C14H14BrN3O2/c1-18(2)14(20)9-3-5-11(6-4-9)17-13(19)12-7-10(15)8-16-12/h3-8,16H,1-2H3,(H,17,19). The summed E-state index contributed by atoms with van der Waals surface area (Å²) in [6, 6.07) is 8.46. The number of nitrogens with zero attached hydrogens (tertiary/aromatic N) is 1. The minimum Gasteiger partial charge on any atom is -0.356 e. The summed E-state index contributed by atoms with van der Waals surface area (Å²) >= 11 is 3.27. The molecule has 5 nitrogen and oxygen atoms in total. The molecule has 0 atom stereocenters. The first-order chi connectivity index (χ1) is 9.47. The Balaban J connectivity index is 2.07. The van der Waals surface area contributed by atoms with Gasteiger partial charge in [-0.2, -0.15) is 0 Å². The van der Waals surface area contributed by atoms with E-state index in [9.17, 15) is 9.59 Å². The van der Waals surface area contributed by atoms with Crippen LogP contribution < -0.4 is 5.32 Å². The normalized spacial score (nSPS) is 10.2. The van der Waals surface area contributed by atoms with E-state index < -0.39 is 0 Å². The summed E-state index contributed by atoms with van der Waals surface area (Å²) in [6.45, 7) is 0. The summed E-state index contributed by atoms with van der Waals surface area (Å²) in [6.07, 6.45) is 1.69. The zero-order chi connectivity index (χ0) is 14.7. The van der Waals surface area contributed by atoms with E-state index in [1.54, 1.807) is 50.6 Å². The number of anilines is 1. The Morgan fingerprint density at radius 1 is 1.20 bits per heavy atom. The topological polar surface area (TPSA) is 65.2 Å².